The Bertz CT molecular complexity index is 274. The summed E-state index contributed by atoms with van der Waals surface area (Å²) in [7, 11) is 0. The number of aliphatic imine (C=N–C) groups is 1. The zero-order chi connectivity index (χ0) is 8.27. The number of benzene rings is 1. The third-order valence-corrected chi connectivity index (χ3v) is 1.62. The van der Waals surface area contributed by atoms with Crippen molar-refractivity contribution in [3.8, 4) is 0 Å². The average molecular weight is 147 g/mol. The summed E-state index contributed by atoms with van der Waals surface area (Å²) in [4.78, 5) is 4.22. The first kappa shape index (κ1) is 7.99. The molecule has 0 bridgehead atoms. The van der Waals surface area contributed by atoms with Crippen LogP contribution >= 0.6 is 0 Å². The van der Waals surface area contributed by atoms with Crippen LogP contribution in [0.1, 0.15) is 18.1 Å². The highest BCUT2D eigenvalue weighted by molar-refractivity contribution is 5.62. The Kier molecular flexibility index (Phi) is 2.42. The number of nitrogens with zero attached hydrogens (tertiary/aromatic N) is 1. The smallest absolute Gasteiger partial charge is 0.0654 e. The van der Waals surface area contributed by atoms with E-state index in [0.717, 1.165) is 5.69 Å². The zero-order valence-electron chi connectivity index (χ0n) is 7.26. The minimum Gasteiger partial charge on any atom is -0.261 e. The second-order valence-corrected chi connectivity index (χ2v) is 2.68. The van der Waals surface area contributed by atoms with E-state index in [9.17, 15) is 0 Å². The summed E-state index contributed by atoms with van der Waals surface area (Å²) in [6.45, 7) is 6.10. The highest BCUT2D eigenvalue weighted by atomic mass is 14.7. The molecule has 0 aliphatic rings. The average Bonchev–Trinajstić information content (AvgIpc) is 1.95. The third kappa shape index (κ3) is 1.90. The van der Waals surface area contributed by atoms with E-state index in [1.54, 1.807) is 0 Å². The van der Waals surface area contributed by atoms with Crippen molar-refractivity contribution in [3.63, 3.8) is 0 Å². The molecule has 0 spiro atoms. The van der Waals surface area contributed by atoms with E-state index in [-0.39, 0.29) is 0 Å². The van der Waals surface area contributed by atoms with E-state index in [2.05, 4.69) is 31.0 Å². The van der Waals surface area contributed by atoms with Crippen molar-refractivity contribution in [1.82, 2.24) is 0 Å². The summed E-state index contributed by atoms with van der Waals surface area (Å²) in [6.07, 6.45) is 1.82. The molecule has 0 unspecified atom stereocenters. The van der Waals surface area contributed by atoms with Gasteiger partial charge in [0.2, 0.25) is 0 Å². The lowest BCUT2D eigenvalue weighted by molar-refractivity contribution is 1.35. The number of aryl methyl sites for hydroxylation is 2. The molecule has 0 aliphatic heterocycles. The second-order valence-electron chi connectivity index (χ2n) is 2.68. The van der Waals surface area contributed by atoms with Gasteiger partial charge in [-0.15, -0.1) is 0 Å². The molecule has 0 saturated carbocycles. The first-order chi connectivity index (χ1) is 5.24. The summed E-state index contributed by atoms with van der Waals surface area (Å²) >= 11 is 0. The maximum absolute atomic E-state index is 4.22. The highest BCUT2D eigenvalue weighted by Crippen LogP contribution is 2.18. The van der Waals surface area contributed by atoms with Crippen LogP contribution in [0.4, 0.5) is 5.69 Å². The number of rotatable bonds is 1. The molecule has 1 nitrogen and oxygen atoms in total. The fraction of sp³-hybridized carbons (Fsp3) is 0.300. The lowest BCUT2D eigenvalue weighted by Gasteiger charge is -1.99. The first-order valence-electron chi connectivity index (χ1n) is 3.80. The zero-order valence-corrected chi connectivity index (χ0v) is 7.26. The van der Waals surface area contributed by atoms with Gasteiger partial charge in [0, 0.05) is 6.21 Å². The minimum absolute atomic E-state index is 1.07. The van der Waals surface area contributed by atoms with Gasteiger partial charge in [-0.05, 0) is 32.4 Å². The quantitative estimate of drug-likeness (QED) is 0.541. The summed E-state index contributed by atoms with van der Waals surface area (Å²) in [5.74, 6) is 0. The van der Waals surface area contributed by atoms with E-state index >= 15 is 0 Å². The summed E-state index contributed by atoms with van der Waals surface area (Å²) in [5.41, 5.74) is 3.60. The molecular weight excluding hydrogens is 134 g/mol. The van der Waals surface area contributed by atoms with Crippen molar-refractivity contribution >= 4 is 11.9 Å². The monoisotopic (exact) mass is 147 g/mol. The molecule has 0 amide bonds. The van der Waals surface area contributed by atoms with Gasteiger partial charge in [0.15, 0.2) is 0 Å². The summed E-state index contributed by atoms with van der Waals surface area (Å²) < 4.78 is 0. The SMILES string of the molecule is C/C=N\c1ccc(C)cc1C. The molecule has 58 valence electrons. The first-order valence-corrected chi connectivity index (χ1v) is 3.80. The van der Waals surface area contributed by atoms with Crippen LogP contribution in [0.5, 0.6) is 0 Å². The van der Waals surface area contributed by atoms with E-state index in [1.165, 1.54) is 11.1 Å². The van der Waals surface area contributed by atoms with Crippen molar-refractivity contribution in [1.29, 1.82) is 0 Å². The van der Waals surface area contributed by atoms with Crippen molar-refractivity contribution in [2.24, 2.45) is 4.99 Å². The molecule has 1 heteroatoms. The largest absolute Gasteiger partial charge is 0.261 e. The molecule has 0 aromatic heterocycles. The van der Waals surface area contributed by atoms with Crippen LogP contribution in [0, 0.1) is 13.8 Å². The molecule has 0 atom stereocenters. The Morgan fingerprint density at radius 3 is 2.55 bits per heavy atom. The highest BCUT2D eigenvalue weighted by Gasteiger charge is 1.93. The van der Waals surface area contributed by atoms with Crippen LogP contribution in [-0.2, 0) is 0 Å². The van der Waals surface area contributed by atoms with Gasteiger partial charge in [-0.25, -0.2) is 0 Å². The Morgan fingerprint density at radius 2 is 2.00 bits per heavy atom. The predicted octanol–water partition coefficient (Wildman–Crippen LogP) is 3.03. The third-order valence-electron chi connectivity index (χ3n) is 1.62. The van der Waals surface area contributed by atoms with Gasteiger partial charge in [-0.1, -0.05) is 17.7 Å². The van der Waals surface area contributed by atoms with Gasteiger partial charge in [0.25, 0.3) is 0 Å². The molecule has 0 heterocycles. The van der Waals surface area contributed by atoms with Crippen molar-refractivity contribution in [3.05, 3.63) is 29.3 Å². The Balaban J connectivity index is 3.09. The summed E-state index contributed by atoms with van der Waals surface area (Å²) in [6, 6.07) is 6.27. The molecular formula is C10H13N. The van der Waals surface area contributed by atoms with Gasteiger partial charge in [0.05, 0.1) is 5.69 Å². The molecule has 0 fully saturated rings. The van der Waals surface area contributed by atoms with Gasteiger partial charge < -0.3 is 0 Å². The molecule has 0 aliphatic carbocycles. The van der Waals surface area contributed by atoms with E-state index < -0.39 is 0 Å². The van der Waals surface area contributed by atoms with Crippen LogP contribution < -0.4 is 0 Å². The van der Waals surface area contributed by atoms with E-state index in [4.69, 9.17) is 0 Å². The fourth-order valence-corrected chi connectivity index (χ4v) is 1.09. The molecule has 0 radical (unpaired) electrons. The predicted molar refractivity (Wildman–Crippen MR) is 49.7 cm³/mol. The van der Waals surface area contributed by atoms with Gasteiger partial charge in [-0.2, -0.15) is 0 Å². The molecule has 1 rings (SSSR count). The van der Waals surface area contributed by atoms with Crippen molar-refractivity contribution < 1.29 is 0 Å². The van der Waals surface area contributed by atoms with Gasteiger partial charge in [0.1, 0.15) is 0 Å². The van der Waals surface area contributed by atoms with Crippen LogP contribution in [0.15, 0.2) is 23.2 Å². The number of hydrogen-bond acceptors (Lipinski definition) is 1. The molecule has 11 heavy (non-hydrogen) atoms. The van der Waals surface area contributed by atoms with Gasteiger partial charge >= 0.3 is 0 Å². The second kappa shape index (κ2) is 3.33. The van der Waals surface area contributed by atoms with Crippen LogP contribution in [-0.4, -0.2) is 6.21 Å². The maximum Gasteiger partial charge on any atom is 0.0654 e. The number of hydrogen-bond donors (Lipinski definition) is 0. The lowest BCUT2D eigenvalue weighted by Crippen LogP contribution is -1.76. The van der Waals surface area contributed by atoms with Gasteiger partial charge in [-0.3, -0.25) is 4.99 Å². The van der Waals surface area contributed by atoms with Crippen LogP contribution in [0.25, 0.3) is 0 Å². The Morgan fingerprint density at radius 1 is 1.27 bits per heavy atom. The fourth-order valence-electron chi connectivity index (χ4n) is 1.09. The van der Waals surface area contributed by atoms with Crippen LogP contribution in [0.2, 0.25) is 0 Å². The van der Waals surface area contributed by atoms with Crippen LogP contribution in [0.3, 0.4) is 0 Å². The molecule has 0 saturated heterocycles. The maximum atomic E-state index is 4.22. The Labute approximate surface area is 67.8 Å². The van der Waals surface area contributed by atoms with Crippen molar-refractivity contribution in [2.75, 3.05) is 0 Å². The standard InChI is InChI=1S/C10H13N/c1-4-11-10-6-5-8(2)7-9(10)3/h4-7H,1-3H3/b11-4-. The van der Waals surface area contributed by atoms with E-state index in [1.807, 2.05) is 19.2 Å². The van der Waals surface area contributed by atoms with Crippen molar-refractivity contribution in [2.45, 2.75) is 20.8 Å². The van der Waals surface area contributed by atoms with E-state index in [0.29, 0.717) is 0 Å². The Hall–Kier alpha value is -1.11. The minimum atomic E-state index is 1.07. The molecule has 0 N–H and O–H groups in total. The molecule has 1 aromatic carbocycles. The summed E-state index contributed by atoms with van der Waals surface area (Å²) in [5, 5.41) is 0. The lowest BCUT2D eigenvalue weighted by atomic mass is 10.1. The topological polar surface area (TPSA) is 12.4 Å². The molecule has 1 aromatic rings. The normalized spacial score (nSPS) is 10.8.